The van der Waals surface area contributed by atoms with Crippen LogP contribution in [0.3, 0.4) is 0 Å². The Labute approximate surface area is 236 Å². The second-order valence-corrected chi connectivity index (χ2v) is 11.8. The third-order valence-electron chi connectivity index (χ3n) is 5.87. The van der Waals surface area contributed by atoms with Crippen LogP contribution in [0.1, 0.15) is 11.1 Å². The molecule has 3 rings (SSSR count). The number of methoxy groups -OCH3 is 1. The number of carbonyl (C=O) groups excluding carboxylic acids is 2. The largest absolute Gasteiger partial charge is 0.495 e. The van der Waals surface area contributed by atoms with Crippen molar-refractivity contribution in [1.82, 2.24) is 10.2 Å². The summed E-state index contributed by atoms with van der Waals surface area (Å²) in [5, 5.41) is 2.93. The average Bonchev–Trinajstić information content (AvgIpc) is 2.89. The minimum atomic E-state index is -3.94. The quantitative estimate of drug-likeness (QED) is 0.345. The Balaban J connectivity index is 2.06. The summed E-state index contributed by atoms with van der Waals surface area (Å²) in [6.07, 6.45) is 1.24. The average molecular weight is 623 g/mol. The minimum Gasteiger partial charge on any atom is -0.495 e. The van der Waals surface area contributed by atoms with E-state index in [-0.39, 0.29) is 35.3 Å². The Hall–Kier alpha value is -3.08. The molecule has 1 atom stereocenters. The highest BCUT2D eigenvalue weighted by molar-refractivity contribution is 9.10. The van der Waals surface area contributed by atoms with E-state index in [0.717, 1.165) is 26.2 Å². The number of nitrogens with zero attached hydrogens (tertiary/aromatic N) is 2. The molecule has 0 aliphatic heterocycles. The van der Waals surface area contributed by atoms with Crippen molar-refractivity contribution >= 4 is 55.1 Å². The number of nitrogens with one attached hydrogen (secondary N) is 1. The van der Waals surface area contributed by atoms with Crippen molar-refractivity contribution in [2.24, 2.45) is 0 Å². The van der Waals surface area contributed by atoms with E-state index in [1.807, 2.05) is 54.6 Å². The van der Waals surface area contributed by atoms with Gasteiger partial charge in [0.1, 0.15) is 18.3 Å². The number of amides is 2. The lowest BCUT2D eigenvalue weighted by Crippen LogP contribution is -2.52. The summed E-state index contributed by atoms with van der Waals surface area (Å²) in [6, 6.07) is 20.3. The molecule has 0 aromatic heterocycles. The number of ether oxygens (including phenoxy) is 1. The van der Waals surface area contributed by atoms with Gasteiger partial charge in [-0.15, -0.1) is 0 Å². The Bertz CT molecular complexity index is 1370. The van der Waals surface area contributed by atoms with Gasteiger partial charge in [-0.2, -0.15) is 0 Å². The maximum atomic E-state index is 13.9. The molecule has 3 aromatic rings. The van der Waals surface area contributed by atoms with Gasteiger partial charge in [0.05, 0.1) is 19.1 Å². The first-order valence-corrected chi connectivity index (χ1v) is 14.7. The second kappa shape index (κ2) is 13.1. The van der Waals surface area contributed by atoms with Gasteiger partial charge in [0.2, 0.25) is 21.8 Å². The summed E-state index contributed by atoms with van der Waals surface area (Å²) in [4.78, 5) is 28.5. The third-order valence-corrected chi connectivity index (χ3v) is 7.76. The number of hydrogen-bond donors (Lipinski definition) is 1. The zero-order valence-electron chi connectivity index (χ0n) is 21.2. The highest BCUT2D eigenvalue weighted by Gasteiger charge is 2.33. The number of likely N-dealkylation sites (N-methyl/N-ethyl adjacent to an activating group) is 1. The first kappa shape index (κ1) is 29.5. The first-order chi connectivity index (χ1) is 18.0. The topological polar surface area (TPSA) is 96.0 Å². The maximum Gasteiger partial charge on any atom is 0.244 e. The van der Waals surface area contributed by atoms with E-state index in [9.17, 15) is 18.0 Å². The van der Waals surface area contributed by atoms with Crippen LogP contribution >= 0.6 is 27.5 Å². The van der Waals surface area contributed by atoms with Crippen LogP contribution in [-0.4, -0.2) is 58.1 Å². The van der Waals surface area contributed by atoms with Crippen LogP contribution < -0.4 is 14.4 Å². The van der Waals surface area contributed by atoms with Crippen LogP contribution in [0.5, 0.6) is 5.75 Å². The van der Waals surface area contributed by atoms with Crippen LogP contribution in [0.2, 0.25) is 5.02 Å². The molecule has 0 aliphatic carbocycles. The van der Waals surface area contributed by atoms with Gasteiger partial charge in [-0.3, -0.25) is 13.9 Å². The molecule has 0 radical (unpaired) electrons. The molecule has 1 N–H and O–H groups in total. The molecule has 2 amide bonds. The molecule has 0 aliphatic rings. The molecule has 0 saturated heterocycles. The molecule has 0 unspecified atom stereocenters. The predicted molar refractivity (Wildman–Crippen MR) is 153 cm³/mol. The van der Waals surface area contributed by atoms with Crippen molar-refractivity contribution in [2.75, 3.05) is 31.3 Å². The predicted octanol–water partition coefficient (Wildman–Crippen LogP) is 4.26. The van der Waals surface area contributed by atoms with Gasteiger partial charge in [-0.1, -0.05) is 70.0 Å². The third kappa shape index (κ3) is 7.72. The van der Waals surface area contributed by atoms with Gasteiger partial charge < -0.3 is 15.0 Å². The van der Waals surface area contributed by atoms with Crippen molar-refractivity contribution < 1.29 is 22.7 Å². The Morgan fingerprint density at radius 1 is 1.03 bits per heavy atom. The van der Waals surface area contributed by atoms with E-state index in [2.05, 4.69) is 21.2 Å². The number of halogens is 2. The van der Waals surface area contributed by atoms with E-state index < -0.39 is 28.5 Å². The lowest BCUT2D eigenvalue weighted by atomic mass is 10.0. The van der Waals surface area contributed by atoms with Gasteiger partial charge in [-0.05, 0) is 41.5 Å². The van der Waals surface area contributed by atoms with E-state index >= 15 is 0 Å². The van der Waals surface area contributed by atoms with Crippen molar-refractivity contribution in [3.63, 3.8) is 0 Å². The molecule has 0 heterocycles. The Morgan fingerprint density at radius 3 is 2.26 bits per heavy atom. The first-order valence-electron chi connectivity index (χ1n) is 11.6. The molecule has 8 nitrogen and oxygen atoms in total. The van der Waals surface area contributed by atoms with Gasteiger partial charge in [0.25, 0.3) is 0 Å². The Kier molecular flexibility index (Phi) is 10.2. The van der Waals surface area contributed by atoms with E-state index in [4.69, 9.17) is 16.3 Å². The van der Waals surface area contributed by atoms with Crippen molar-refractivity contribution in [3.05, 3.63) is 93.4 Å². The van der Waals surface area contributed by atoms with Crippen LogP contribution in [0, 0.1) is 0 Å². The fraction of sp³-hybridized carbons (Fsp3) is 0.259. The maximum absolute atomic E-state index is 13.9. The SMILES string of the molecule is CNC(=O)[C@H](Cc1ccccc1)N(Cc1ccc(Br)cc1)C(=O)CN(c1cc(Cl)ccc1OC)S(C)(=O)=O. The summed E-state index contributed by atoms with van der Waals surface area (Å²) in [6.45, 7) is -0.477. The van der Waals surface area contributed by atoms with Crippen LogP contribution in [0.15, 0.2) is 77.3 Å². The van der Waals surface area contributed by atoms with Crippen LogP contribution in [0.4, 0.5) is 5.69 Å². The van der Waals surface area contributed by atoms with E-state index in [1.165, 1.54) is 31.2 Å². The van der Waals surface area contributed by atoms with Crippen molar-refractivity contribution in [2.45, 2.75) is 19.0 Å². The normalized spacial score (nSPS) is 11.9. The number of rotatable bonds is 11. The number of carbonyl (C=O) groups is 2. The monoisotopic (exact) mass is 621 g/mol. The summed E-state index contributed by atoms with van der Waals surface area (Å²) >= 11 is 9.57. The summed E-state index contributed by atoms with van der Waals surface area (Å²) in [5.41, 5.74) is 1.75. The lowest BCUT2D eigenvalue weighted by molar-refractivity contribution is -0.139. The Morgan fingerprint density at radius 2 is 1.68 bits per heavy atom. The van der Waals surface area contributed by atoms with E-state index in [0.29, 0.717) is 0 Å². The van der Waals surface area contributed by atoms with Gasteiger partial charge in [0.15, 0.2) is 0 Å². The molecular formula is C27H29BrClN3O5S. The molecule has 202 valence electrons. The zero-order valence-corrected chi connectivity index (χ0v) is 24.4. The van der Waals surface area contributed by atoms with Gasteiger partial charge in [-0.25, -0.2) is 8.42 Å². The highest BCUT2D eigenvalue weighted by atomic mass is 79.9. The molecule has 0 fully saturated rings. The van der Waals surface area contributed by atoms with E-state index in [1.54, 1.807) is 6.07 Å². The van der Waals surface area contributed by atoms with Gasteiger partial charge in [0, 0.05) is 29.5 Å². The second-order valence-electron chi connectivity index (χ2n) is 8.55. The van der Waals surface area contributed by atoms with Gasteiger partial charge >= 0.3 is 0 Å². The van der Waals surface area contributed by atoms with Crippen molar-refractivity contribution in [1.29, 1.82) is 0 Å². The fourth-order valence-corrected chi connectivity index (χ4v) is 5.24. The zero-order chi connectivity index (χ0) is 27.9. The van der Waals surface area contributed by atoms with Crippen LogP contribution in [-0.2, 0) is 32.6 Å². The summed E-state index contributed by atoms with van der Waals surface area (Å²) in [7, 11) is -1.04. The lowest BCUT2D eigenvalue weighted by Gasteiger charge is -2.33. The van der Waals surface area contributed by atoms with Crippen molar-refractivity contribution in [3.8, 4) is 5.75 Å². The van der Waals surface area contributed by atoms with Crippen LogP contribution in [0.25, 0.3) is 0 Å². The number of hydrogen-bond acceptors (Lipinski definition) is 5. The minimum absolute atomic E-state index is 0.0846. The number of benzene rings is 3. The molecule has 0 bridgehead atoms. The molecule has 11 heteroatoms. The molecule has 0 spiro atoms. The summed E-state index contributed by atoms with van der Waals surface area (Å²) < 4.78 is 32.9. The number of sulfonamides is 1. The summed E-state index contributed by atoms with van der Waals surface area (Å²) in [5.74, 6) is -0.699. The fourth-order valence-electron chi connectivity index (χ4n) is 3.96. The highest BCUT2D eigenvalue weighted by Crippen LogP contribution is 2.33. The molecule has 0 saturated carbocycles. The molecular weight excluding hydrogens is 594 g/mol. The molecule has 38 heavy (non-hydrogen) atoms. The number of anilines is 1. The standard InChI is InChI=1S/C27H29BrClN3O5S/c1-30-27(34)24(15-19-7-5-4-6-8-19)31(17-20-9-11-21(28)12-10-20)26(33)18-32(38(3,35)36)23-16-22(29)13-14-25(23)37-2/h4-14,16,24H,15,17-18H2,1-3H3,(H,30,34)/t24-/m0/s1. The molecule has 3 aromatic carbocycles. The smallest absolute Gasteiger partial charge is 0.244 e.